The first kappa shape index (κ1) is 20.8. The van der Waals surface area contributed by atoms with Crippen molar-refractivity contribution in [2.24, 2.45) is 17.8 Å². The number of thioether (sulfide) groups is 1. The first-order valence-electron chi connectivity index (χ1n) is 11.5. The Morgan fingerprint density at radius 3 is 2.48 bits per heavy atom. The van der Waals surface area contributed by atoms with Crippen LogP contribution in [0.25, 0.3) is 11.5 Å². The number of benzene rings is 1. The Labute approximate surface area is 195 Å². The number of nitrogens with zero attached hydrogens (tertiary/aromatic N) is 2. The summed E-state index contributed by atoms with van der Waals surface area (Å²) < 4.78 is 16.4. The molecule has 1 unspecified atom stereocenters. The molecule has 4 bridgehead atoms. The van der Waals surface area contributed by atoms with Crippen LogP contribution in [0.15, 0.2) is 27.8 Å². The average Bonchev–Trinajstić information content (AvgIpc) is 3.40. The largest absolute Gasteiger partial charge is 0.454 e. The summed E-state index contributed by atoms with van der Waals surface area (Å²) in [5, 5.41) is 13.5. The number of urea groups is 1. The normalized spacial score (nSPS) is 29.7. The molecule has 2 heterocycles. The third-order valence-electron chi connectivity index (χ3n) is 7.33. The van der Waals surface area contributed by atoms with Crippen molar-refractivity contribution in [1.29, 1.82) is 0 Å². The van der Waals surface area contributed by atoms with E-state index in [-0.39, 0.29) is 23.5 Å². The average molecular weight is 471 g/mol. The zero-order valence-electron chi connectivity index (χ0n) is 18.3. The second-order valence-electron chi connectivity index (χ2n) is 9.84. The lowest BCUT2D eigenvalue weighted by molar-refractivity contribution is -0.119. The zero-order chi connectivity index (χ0) is 22.6. The number of imide groups is 1. The number of hydrogen-bond donors (Lipinski definition) is 2. The maximum Gasteiger partial charge on any atom is 0.321 e. The summed E-state index contributed by atoms with van der Waals surface area (Å²) in [6.45, 7) is 1.90. The van der Waals surface area contributed by atoms with Gasteiger partial charge in [-0.05, 0) is 81.4 Å². The highest BCUT2D eigenvalue weighted by molar-refractivity contribution is 8.00. The van der Waals surface area contributed by atoms with Crippen molar-refractivity contribution >= 4 is 23.7 Å². The van der Waals surface area contributed by atoms with Crippen molar-refractivity contribution in [3.05, 3.63) is 18.2 Å². The molecule has 2 N–H and O–H groups in total. The van der Waals surface area contributed by atoms with E-state index in [1.165, 1.54) is 19.3 Å². The summed E-state index contributed by atoms with van der Waals surface area (Å²) in [6, 6.07) is 4.96. The molecule has 1 aliphatic heterocycles. The summed E-state index contributed by atoms with van der Waals surface area (Å²) in [5.74, 6) is 3.39. The quantitative estimate of drug-likeness (QED) is 0.635. The van der Waals surface area contributed by atoms with Gasteiger partial charge < -0.3 is 19.2 Å². The van der Waals surface area contributed by atoms with Crippen molar-refractivity contribution in [3.63, 3.8) is 0 Å². The van der Waals surface area contributed by atoms with Gasteiger partial charge in [-0.25, -0.2) is 4.79 Å². The van der Waals surface area contributed by atoms with Crippen molar-refractivity contribution in [2.75, 3.05) is 6.79 Å². The van der Waals surface area contributed by atoms with Gasteiger partial charge in [-0.2, -0.15) is 0 Å². The third kappa shape index (κ3) is 4.05. The van der Waals surface area contributed by atoms with Gasteiger partial charge in [0.15, 0.2) is 11.5 Å². The number of rotatable bonds is 5. The summed E-state index contributed by atoms with van der Waals surface area (Å²) in [4.78, 5) is 25.3. The molecule has 4 aliphatic carbocycles. The van der Waals surface area contributed by atoms with Crippen LogP contribution in [0.5, 0.6) is 11.5 Å². The van der Waals surface area contributed by atoms with E-state index in [0.717, 1.165) is 48.8 Å². The molecular formula is C23H26N4O5S. The van der Waals surface area contributed by atoms with E-state index < -0.39 is 11.3 Å². The van der Waals surface area contributed by atoms with Crippen LogP contribution >= 0.6 is 11.8 Å². The molecule has 7 rings (SSSR count). The van der Waals surface area contributed by atoms with Crippen LogP contribution in [-0.2, 0) is 4.79 Å². The second kappa shape index (κ2) is 7.93. The first-order valence-corrected chi connectivity index (χ1v) is 12.4. The van der Waals surface area contributed by atoms with Crippen molar-refractivity contribution in [1.82, 2.24) is 20.8 Å². The lowest BCUT2D eigenvalue weighted by atomic mass is 9.53. The standard InChI is InChI=1S/C23H26N4O5S/c1-12(33-22-27-26-20(32-22)16-2-3-17-18(7-16)31-11-30-17)19(28)24-21(29)25-23-8-13-4-14(9-23)6-15(5-13)10-23/h2-3,7,12-15H,4-6,8-11H2,1H3,(H2,24,25,28,29). The minimum Gasteiger partial charge on any atom is -0.454 e. The van der Waals surface area contributed by atoms with E-state index >= 15 is 0 Å². The van der Waals surface area contributed by atoms with E-state index in [2.05, 4.69) is 20.8 Å². The highest BCUT2D eigenvalue weighted by Crippen LogP contribution is 2.55. The second-order valence-corrected chi connectivity index (χ2v) is 11.1. The number of amides is 3. The van der Waals surface area contributed by atoms with Crippen LogP contribution < -0.4 is 20.1 Å². The van der Waals surface area contributed by atoms with Crippen LogP contribution in [0.3, 0.4) is 0 Å². The van der Waals surface area contributed by atoms with E-state index in [4.69, 9.17) is 13.9 Å². The van der Waals surface area contributed by atoms with E-state index in [1.807, 2.05) is 0 Å². The van der Waals surface area contributed by atoms with Crippen molar-refractivity contribution in [3.8, 4) is 23.0 Å². The zero-order valence-corrected chi connectivity index (χ0v) is 19.2. The predicted molar refractivity (Wildman–Crippen MR) is 119 cm³/mol. The van der Waals surface area contributed by atoms with E-state index in [9.17, 15) is 9.59 Å². The molecular weight excluding hydrogens is 444 g/mol. The lowest BCUT2D eigenvalue weighted by Gasteiger charge is -2.56. The monoisotopic (exact) mass is 470 g/mol. The Kier molecular flexibility index (Phi) is 5.01. The molecule has 5 aliphatic rings. The van der Waals surface area contributed by atoms with Gasteiger partial charge in [-0.3, -0.25) is 10.1 Å². The molecule has 9 nitrogen and oxygen atoms in total. The molecule has 1 aromatic heterocycles. The lowest BCUT2D eigenvalue weighted by Crippen LogP contribution is -2.62. The Morgan fingerprint density at radius 2 is 1.76 bits per heavy atom. The number of carbonyl (C=O) groups is 2. The van der Waals surface area contributed by atoms with Crippen LogP contribution in [-0.4, -0.2) is 39.7 Å². The molecule has 4 fully saturated rings. The smallest absolute Gasteiger partial charge is 0.321 e. The molecule has 4 saturated carbocycles. The number of carbonyl (C=O) groups excluding carboxylic acids is 2. The molecule has 174 valence electrons. The Balaban J connectivity index is 1.05. The van der Waals surface area contributed by atoms with Crippen LogP contribution in [0, 0.1) is 17.8 Å². The van der Waals surface area contributed by atoms with Crippen LogP contribution in [0.1, 0.15) is 45.4 Å². The van der Waals surface area contributed by atoms with Crippen molar-refractivity contribution < 1.29 is 23.5 Å². The molecule has 10 heteroatoms. The molecule has 0 saturated heterocycles. The topological polar surface area (TPSA) is 116 Å². The van der Waals surface area contributed by atoms with Gasteiger partial charge in [0.05, 0.1) is 5.25 Å². The highest BCUT2D eigenvalue weighted by Gasteiger charge is 2.51. The summed E-state index contributed by atoms with van der Waals surface area (Å²) in [6.07, 6.45) is 7.01. The molecule has 1 aromatic carbocycles. The Bertz CT molecular complexity index is 1070. The Morgan fingerprint density at radius 1 is 1.06 bits per heavy atom. The maximum absolute atomic E-state index is 12.7. The number of ether oxygens (including phenoxy) is 2. The number of aromatic nitrogens is 2. The van der Waals surface area contributed by atoms with Gasteiger partial charge in [-0.15, -0.1) is 10.2 Å². The SMILES string of the molecule is CC(Sc1nnc(-c2ccc3c(c2)OCO3)o1)C(=O)NC(=O)NC12CC3CC(CC(C3)C1)C2. The molecule has 33 heavy (non-hydrogen) atoms. The van der Waals surface area contributed by atoms with Gasteiger partial charge in [0.1, 0.15) is 0 Å². The van der Waals surface area contributed by atoms with E-state index in [1.54, 1.807) is 25.1 Å². The predicted octanol–water partition coefficient (Wildman–Crippen LogP) is 3.74. The fourth-order valence-corrected chi connectivity index (χ4v) is 7.04. The number of nitrogens with one attached hydrogen (secondary N) is 2. The minimum atomic E-state index is -0.572. The molecule has 1 atom stereocenters. The fourth-order valence-electron chi connectivity index (χ4n) is 6.36. The third-order valence-corrected chi connectivity index (χ3v) is 8.26. The van der Waals surface area contributed by atoms with Crippen LogP contribution in [0.2, 0.25) is 0 Å². The molecule has 3 amide bonds. The van der Waals surface area contributed by atoms with Gasteiger partial charge in [0, 0.05) is 11.1 Å². The van der Waals surface area contributed by atoms with Gasteiger partial charge in [0.2, 0.25) is 18.6 Å². The number of hydrogen-bond acceptors (Lipinski definition) is 8. The summed E-state index contributed by atoms with van der Waals surface area (Å²) in [7, 11) is 0. The van der Waals surface area contributed by atoms with Gasteiger partial charge >= 0.3 is 6.03 Å². The first-order chi connectivity index (χ1) is 15.9. The van der Waals surface area contributed by atoms with Crippen molar-refractivity contribution in [2.45, 2.75) is 61.5 Å². The molecule has 0 spiro atoms. The maximum atomic E-state index is 12.7. The Hall–Kier alpha value is -2.75. The molecule has 0 radical (unpaired) electrons. The van der Waals surface area contributed by atoms with Gasteiger partial charge in [0.25, 0.3) is 5.22 Å². The van der Waals surface area contributed by atoms with Gasteiger partial charge in [-0.1, -0.05) is 11.8 Å². The molecule has 2 aromatic rings. The minimum absolute atomic E-state index is 0.137. The van der Waals surface area contributed by atoms with Crippen LogP contribution in [0.4, 0.5) is 4.79 Å². The fraction of sp³-hybridized carbons (Fsp3) is 0.565. The highest BCUT2D eigenvalue weighted by atomic mass is 32.2. The summed E-state index contributed by atoms with van der Waals surface area (Å²) in [5.41, 5.74) is 0.562. The summed E-state index contributed by atoms with van der Waals surface area (Å²) >= 11 is 1.12. The van der Waals surface area contributed by atoms with E-state index in [0.29, 0.717) is 23.0 Å². The number of fused-ring (bicyclic) bond motifs is 1.